The van der Waals surface area contributed by atoms with Gasteiger partial charge < -0.3 is 0 Å². The molecule has 0 bridgehead atoms. The smallest absolute Gasteiger partial charge is 0.276 e. The number of carbonyl (C=O) groups excluding carboxylic acids is 1. The number of nitrogens with one attached hydrogen (secondary N) is 1. The zero-order chi connectivity index (χ0) is 21.0. The van der Waals surface area contributed by atoms with Gasteiger partial charge in [0.15, 0.2) is 5.13 Å². The first kappa shape index (κ1) is 19.9. The van der Waals surface area contributed by atoms with Gasteiger partial charge in [-0.25, -0.2) is 4.98 Å². The Kier molecular flexibility index (Phi) is 5.81. The number of anilines is 1. The third kappa shape index (κ3) is 4.54. The molecule has 0 aliphatic carbocycles. The number of aryl methyl sites for hydroxylation is 2. The largest absolute Gasteiger partial charge is 0.297 e. The summed E-state index contributed by atoms with van der Waals surface area (Å²) in [5, 5.41) is 25.2. The molecule has 0 aliphatic rings. The average Bonchev–Trinajstić information content (AvgIpc) is 3.16. The molecule has 1 aromatic heterocycles. The lowest BCUT2D eigenvalue weighted by Crippen LogP contribution is -2.13. The summed E-state index contributed by atoms with van der Waals surface area (Å²) in [5.41, 5.74) is 3.61. The molecule has 3 aromatic rings. The Morgan fingerprint density at radius 2 is 2.03 bits per heavy atom. The van der Waals surface area contributed by atoms with Crippen LogP contribution in [0.1, 0.15) is 16.7 Å². The van der Waals surface area contributed by atoms with E-state index in [4.69, 9.17) is 0 Å². The van der Waals surface area contributed by atoms with Crippen LogP contribution in [0.25, 0.3) is 17.3 Å². The predicted octanol–water partition coefficient (Wildman–Crippen LogP) is 4.88. The van der Waals surface area contributed by atoms with Crippen molar-refractivity contribution in [3.05, 3.63) is 80.2 Å². The summed E-state index contributed by atoms with van der Waals surface area (Å²) in [6.07, 6.45) is 1.20. The normalized spacial score (nSPS) is 11.0. The van der Waals surface area contributed by atoms with Crippen molar-refractivity contribution in [2.75, 3.05) is 5.32 Å². The fourth-order valence-corrected chi connectivity index (χ4v) is 3.42. The van der Waals surface area contributed by atoms with Crippen LogP contribution >= 0.6 is 11.3 Å². The summed E-state index contributed by atoms with van der Waals surface area (Å²) in [7, 11) is 0. The first-order valence-electron chi connectivity index (χ1n) is 8.58. The maximum absolute atomic E-state index is 12.5. The molecule has 0 aliphatic heterocycles. The maximum atomic E-state index is 12.5. The molecule has 0 radical (unpaired) electrons. The molecule has 0 saturated heterocycles. The minimum Gasteiger partial charge on any atom is -0.297 e. The van der Waals surface area contributed by atoms with Gasteiger partial charge in [0, 0.05) is 17.0 Å². The number of hydrogen-bond acceptors (Lipinski definition) is 6. The fraction of sp³-hybridized carbons (Fsp3) is 0.0952. The van der Waals surface area contributed by atoms with Gasteiger partial charge in [-0.15, -0.1) is 11.3 Å². The van der Waals surface area contributed by atoms with E-state index in [1.807, 2.05) is 37.4 Å². The van der Waals surface area contributed by atoms with Gasteiger partial charge in [0.2, 0.25) is 0 Å². The number of rotatable bonds is 5. The molecule has 0 atom stereocenters. The number of nitrogens with zero attached hydrogens (tertiary/aromatic N) is 3. The third-order valence-electron chi connectivity index (χ3n) is 4.19. The van der Waals surface area contributed by atoms with E-state index in [0.717, 1.165) is 22.4 Å². The molecule has 7 nitrogen and oxygen atoms in total. The molecule has 144 valence electrons. The lowest BCUT2D eigenvalue weighted by molar-refractivity contribution is -0.385. The number of aromatic nitrogens is 1. The topological polar surface area (TPSA) is 109 Å². The van der Waals surface area contributed by atoms with E-state index >= 15 is 0 Å². The van der Waals surface area contributed by atoms with Crippen LogP contribution in [0.2, 0.25) is 0 Å². The summed E-state index contributed by atoms with van der Waals surface area (Å²) >= 11 is 1.24. The van der Waals surface area contributed by atoms with Crippen LogP contribution in [0.4, 0.5) is 10.8 Å². The minimum absolute atomic E-state index is 0.180. The van der Waals surface area contributed by atoms with Gasteiger partial charge in [-0.2, -0.15) is 5.26 Å². The minimum atomic E-state index is -0.674. The van der Waals surface area contributed by atoms with Gasteiger partial charge in [-0.05, 0) is 37.6 Å². The second-order valence-electron chi connectivity index (χ2n) is 6.30. The standard InChI is InChI=1S/C21H16N4O3S/c1-13-7-8-14(2)17(9-13)18-12-29-21(23-18)24-20(26)16(11-22)10-15-5-3-4-6-19(15)25(27)28/h3-10,12H,1-2H3,(H,23,24,26)/b16-10+. The summed E-state index contributed by atoms with van der Waals surface area (Å²) in [4.78, 5) is 27.5. The zero-order valence-electron chi connectivity index (χ0n) is 15.7. The predicted molar refractivity (Wildman–Crippen MR) is 112 cm³/mol. The highest BCUT2D eigenvalue weighted by Crippen LogP contribution is 2.28. The molecule has 0 fully saturated rings. The number of carbonyl (C=O) groups is 1. The third-order valence-corrected chi connectivity index (χ3v) is 4.95. The van der Waals surface area contributed by atoms with Crippen LogP contribution in [-0.4, -0.2) is 15.8 Å². The van der Waals surface area contributed by atoms with Crippen molar-refractivity contribution in [1.82, 2.24) is 4.98 Å². The van der Waals surface area contributed by atoms with Crippen LogP contribution < -0.4 is 5.32 Å². The first-order valence-corrected chi connectivity index (χ1v) is 9.46. The molecular formula is C21H16N4O3S. The van der Waals surface area contributed by atoms with Crippen LogP contribution in [0, 0.1) is 35.3 Å². The average molecular weight is 404 g/mol. The summed E-state index contributed by atoms with van der Waals surface area (Å²) < 4.78 is 0. The number of amides is 1. The summed E-state index contributed by atoms with van der Waals surface area (Å²) in [5.74, 6) is -0.674. The molecule has 0 unspecified atom stereocenters. The molecular weight excluding hydrogens is 388 g/mol. The van der Waals surface area contributed by atoms with E-state index in [0.29, 0.717) is 5.13 Å². The molecule has 1 amide bonds. The second-order valence-corrected chi connectivity index (χ2v) is 7.15. The highest BCUT2D eigenvalue weighted by atomic mass is 32.1. The van der Waals surface area contributed by atoms with Gasteiger partial charge in [-0.1, -0.05) is 29.8 Å². The number of hydrogen-bond donors (Lipinski definition) is 1. The van der Waals surface area contributed by atoms with Gasteiger partial charge in [0.05, 0.1) is 16.2 Å². The van der Waals surface area contributed by atoms with Crippen LogP contribution in [0.15, 0.2) is 53.4 Å². The summed E-state index contributed by atoms with van der Waals surface area (Å²) in [6, 6.07) is 13.7. The molecule has 2 aromatic carbocycles. The number of nitriles is 1. The van der Waals surface area contributed by atoms with Crippen molar-refractivity contribution in [3.8, 4) is 17.3 Å². The van der Waals surface area contributed by atoms with Gasteiger partial charge in [0.25, 0.3) is 11.6 Å². The molecule has 3 rings (SSSR count). The molecule has 0 spiro atoms. The number of para-hydroxylation sites is 1. The van der Waals surface area contributed by atoms with Crippen molar-refractivity contribution in [1.29, 1.82) is 5.26 Å². The van der Waals surface area contributed by atoms with Gasteiger partial charge in [0.1, 0.15) is 11.6 Å². The highest BCUT2D eigenvalue weighted by Gasteiger charge is 2.16. The van der Waals surface area contributed by atoms with E-state index in [-0.39, 0.29) is 16.8 Å². The lowest BCUT2D eigenvalue weighted by atomic mass is 10.0. The quantitative estimate of drug-likeness (QED) is 0.282. The Hall–Kier alpha value is -3.83. The maximum Gasteiger partial charge on any atom is 0.276 e. The van der Waals surface area contributed by atoms with Crippen molar-refractivity contribution in [3.63, 3.8) is 0 Å². The molecule has 1 N–H and O–H groups in total. The van der Waals surface area contributed by atoms with Crippen LogP contribution in [0.3, 0.4) is 0 Å². The number of thiazole rings is 1. The number of nitro benzene ring substituents is 1. The van der Waals surface area contributed by atoms with Crippen molar-refractivity contribution in [2.24, 2.45) is 0 Å². The SMILES string of the molecule is Cc1ccc(C)c(-c2csc(NC(=O)/C(C#N)=C/c3ccccc3[N+](=O)[O-])n2)c1. The van der Waals surface area contributed by atoms with Crippen molar-refractivity contribution in [2.45, 2.75) is 13.8 Å². The Bertz CT molecular complexity index is 1170. The van der Waals surface area contributed by atoms with E-state index < -0.39 is 10.8 Å². The fourth-order valence-electron chi connectivity index (χ4n) is 2.71. The molecule has 29 heavy (non-hydrogen) atoms. The molecule has 8 heteroatoms. The molecule has 0 saturated carbocycles. The van der Waals surface area contributed by atoms with Crippen LogP contribution in [-0.2, 0) is 4.79 Å². The first-order chi connectivity index (χ1) is 13.9. The Balaban J connectivity index is 1.85. The second kappa shape index (κ2) is 8.46. The van der Waals surface area contributed by atoms with E-state index in [1.165, 1.54) is 35.6 Å². The van der Waals surface area contributed by atoms with Gasteiger partial charge >= 0.3 is 0 Å². The van der Waals surface area contributed by atoms with E-state index in [9.17, 15) is 20.2 Å². The van der Waals surface area contributed by atoms with E-state index in [2.05, 4.69) is 10.3 Å². The number of benzene rings is 2. The van der Waals surface area contributed by atoms with Crippen molar-refractivity contribution >= 4 is 34.1 Å². The lowest BCUT2D eigenvalue weighted by Gasteiger charge is -2.04. The highest BCUT2D eigenvalue weighted by molar-refractivity contribution is 7.14. The summed E-state index contributed by atoms with van der Waals surface area (Å²) in [6.45, 7) is 3.97. The monoisotopic (exact) mass is 404 g/mol. The Morgan fingerprint density at radius 3 is 2.76 bits per heavy atom. The van der Waals surface area contributed by atoms with Gasteiger partial charge in [-0.3, -0.25) is 20.2 Å². The molecule has 1 heterocycles. The van der Waals surface area contributed by atoms with Crippen LogP contribution in [0.5, 0.6) is 0 Å². The number of nitro groups is 1. The Morgan fingerprint density at radius 1 is 1.28 bits per heavy atom. The van der Waals surface area contributed by atoms with Crippen molar-refractivity contribution < 1.29 is 9.72 Å². The van der Waals surface area contributed by atoms with E-state index in [1.54, 1.807) is 12.1 Å². The Labute approximate surface area is 171 Å². The zero-order valence-corrected chi connectivity index (χ0v) is 16.5.